The molecule has 1 saturated heterocycles. The van der Waals surface area contributed by atoms with Crippen molar-refractivity contribution in [2.45, 2.75) is 97.4 Å². The van der Waals surface area contributed by atoms with Gasteiger partial charge in [0.05, 0.1) is 12.2 Å². The molecule has 1 aliphatic heterocycles. The summed E-state index contributed by atoms with van der Waals surface area (Å²) in [6, 6.07) is 7.86. The van der Waals surface area contributed by atoms with E-state index in [2.05, 4.69) is 33.0 Å². The lowest BCUT2D eigenvalue weighted by Gasteiger charge is -2.42. The van der Waals surface area contributed by atoms with Crippen LogP contribution in [0.1, 0.15) is 85.0 Å². The van der Waals surface area contributed by atoms with Gasteiger partial charge in [-0.2, -0.15) is 0 Å². The molecule has 0 amide bonds. The fourth-order valence-electron chi connectivity index (χ4n) is 3.23. The van der Waals surface area contributed by atoms with Crippen LogP contribution in [0.3, 0.4) is 0 Å². The summed E-state index contributed by atoms with van der Waals surface area (Å²) in [6.45, 7) is 17.5. The van der Waals surface area contributed by atoms with E-state index >= 15 is 0 Å². The Balaban J connectivity index is 0.000000271. The highest BCUT2D eigenvalue weighted by molar-refractivity contribution is 5.23. The highest BCUT2D eigenvalue weighted by Crippen LogP contribution is 2.27. The number of aliphatic hydroxyl groups excluding tert-OH is 1. The van der Waals surface area contributed by atoms with E-state index in [-0.39, 0.29) is 5.60 Å². The van der Waals surface area contributed by atoms with Gasteiger partial charge in [-0.05, 0) is 80.2 Å². The third kappa shape index (κ3) is 9.39. The molecule has 0 bridgehead atoms. The standard InChI is InChI=1S/C13H20O2.C9H19N/c1-10-5-7-11(8-6-10)12(14)9-15-13(2,3)4;1-8(2)6-5-7-9(3,4)10-8/h5-8,12,14H,9H2,1-4H3;10H,5-7H2,1-4H3. The molecule has 1 aromatic rings. The van der Waals surface area contributed by atoms with Crippen molar-refractivity contribution in [2.75, 3.05) is 6.61 Å². The van der Waals surface area contributed by atoms with Crippen LogP contribution in [0.5, 0.6) is 0 Å². The van der Waals surface area contributed by atoms with Crippen LogP contribution < -0.4 is 5.32 Å². The second-order valence-corrected chi connectivity index (χ2v) is 9.60. The van der Waals surface area contributed by atoms with Crippen LogP contribution in [-0.4, -0.2) is 28.4 Å². The molecule has 1 aliphatic rings. The van der Waals surface area contributed by atoms with Gasteiger partial charge in [-0.1, -0.05) is 29.8 Å². The first-order valence-electron chi connectivity index (χ1n) is 9.48. The maximum Gasteiger partial charge on any atom is 0.102 e. The summed E-state index contributed by atoms with van der Waals surface area (Å²) in [5, 5.41) is 13.5. The van der Waals surface area contributed by atoms with E-state index in [4.69, 9.17) is 4.74 Å². The molecule has 0 aromatic heterocycles. The Kier molecular flexibility index (Phi) is 7.67. The monoisotopic (exact) mass is 349 g/mol. The minimum Gasteiger partial charge on any atom is -0.386 e. The minimum atomic E-state index is -0.537. The average molecular weight is 350 g/mol. The first-order valence-corrected chi connectivity index (χ1v) is 9.48. The van der Waals surface area contributed by atoms with Crippen LogP contribution in [0, 0.1) is 6.92 Å². The molecule has 144 valence electrons. The topological polar surface area (TPSA) is 41.5 Å². The van der Waals surface area contributed by atoms with Gasteiger partial charge in [0.1, 0.15) is 6.10 Å². The van der Waals surface area contributed by atoms with Crippen molar-refractivity contribution in [3.8, 4) is 0 Å². The largest absolute Gasteiger partial charge is 0.386 e. The molecule has 1 heterocycles. The lowest BCUT2D eigenvalue weighted by Crippen LogP contribution is -2.55. The lowest BCUT2D eigenvalue weighted by molar-refractivity contribution is -0.0496. The van der Waals surface area contributed by atoms with E-state index in [9.17, 15) is 5.11 Å². The average Bonchev–Trinajstić information content (AvgIpc) is 2.43. The molecule has 0 aliphatic carbocycles. The van der Waals surface area contributed by atoms with Crippen LogP contribution in [0.15, 0.2) is 24.3 Å². The van der Waals surface area contributed by atoms with Gasteiger partial charge < -0.3 is 15.2 Å². The molecule has 25 heavy (non-hydrogen) atoms. The Hall–Kier alpha value is -0.900. The number of piperidine rings is 1. The van der Waals surface area contributed by atoms with Crippen molar-refractivity contribution in [2.24, 2.45) is 0 Å². The Labute approximate surface area is 155 Å². The van der Waals surface area contributed by atoms with Crippen molar-refractivity contribution < 1.29 is 9.84 Å². The molecule has 1 unspecified atom stereocenters. The Morgan fingerprint density at radius 3 is 1.88 bits per heavy atom. The maximum absolute atomic E-state index is 9.85. The van der Waals surface area contributed by atoms with E-state index < -0.39 is 6.10 Å². The van der Waals surface area contributed by atoms with Gasteiger partial charge in [-0.15, -0.1) is 0 Å². The molecule has 2 rings (SSSR count). The molecule has 0 spiro atoms. The van der Waals surface area contributed by atoms with Crippen molar-refractivity contribution >= 4 is 0 Å². The number of ether oxygens (including phenoxy) is 1. The Bertz CT molecular complexity index is 498. The number of benzene rings is 1. The van der Waals surface area contributed by atoms with Gasteiger partial charge in [-0.3, -0.25) is 0 Å². The zero-order valence-corrected chi connectivity index (χ0v) is 17.6. The highest BCUT2D eigenvalue weighted by atomic mass is 16.5. The highest BCUT2D eigenvalue weighted by Gasteiger charge is 2.31. The number of aliphatic hydroxyl groups is 1. The SMILES string of the molecule is CC1(C)CCCC(C)(C)N1.Cc1ccc(C(O)COC(C)(C)C)cc1. The van der Waals surface area contributed by atoms with E-state index in [0.717, 1.165) is 5.56 Å². The van der Waals surface area contributed by atoms with Gasteiger partial charge in [0.25, 0.3) is 0 Å². The molecule has 2 N–H and O–H groups in total. The number of rotatable bonds is 3. The molecule has 3 heteroatoms. The lowest BCUT2D eigenvalue weighted by atomic mass is 9.83. The molecular formula is C22H39NO2. The van der Waals surface area contributed by atoms with Crippen LogP contribution >= 0.6 is 0 Å². The molecule has 1 atom stereocenters. The second kappa shape index (κ2) is 8.66. The van der Waals surface area contributed by atoms with Crippen LogP contribution in [0.4, 0.5) is 0 Å². The number of hydrogen-bond acceptors (Lipinski definition) is 3. The van der Waals surface area contributed by atoms with Crippen LogP contribution in [0.25, 0.3) is 0 Å². The first kappa shape index (κ1) is 22.1. The number of nitrogens with one attached hydrogen (secondary N) is 1. The van der Waals surface area contributed by atoms with Gasteiger partial charge in [0.15, 0.2) is 0 Å². The van der Waals surface area contributed by atoms with E-state index in [1.807, 2.05) is 52.0 Å². The molecule has 0 saturated carbocycles. The predicted octanol–water partition coefficient (Wildman–Crippen LogP) is 5.16. The third-order valence-corrected chi connectivity index (χ3v) is 4.42. The fourth-order valence-corrected chi connectivity index (χ4v) is 3.23. The zero-order chi connectivity index (χ0) is 19.3. The Morgan fingerprint density at radius 1 is 1.04 bits per heavy atom. The molecule has 0 radical (unpaired) electrons. The minimum absolute atomic E-state index is 0.203. The van der Waals surface area contributed by atoms with Gasteiger partial charge in [0.2, 0.25) is 0 Å². The van der Waals surface area contributed by atoms with E-state index in [0.29, 0.717) is 17.7 Å². The summed E-state index contributed by atoms with van der Waals surface area (Å²) in [5.41, 5.74) is 2.63. The molecule has 1 aromatic carbocycles. The maximum atomic E-state index is 9.85. The van der Waals surface area contributed by atoms with Gasteiger partial charge in [-0.25, -0.2) is 0 Å². The van der Waals surface area contributed by atoms with E-state index in [1.54, 1.807) is 0 Å². The number of hydrogen-bond donors (Lipinski definition) is 2. The van der Waals surface area contributed by atoms with Crippen LogP contribution in [-0.2, 0) is 4.74 Å². The summed E-state index contributed by atoms with van der Waals surface area (Å²) in [7, 11) is 0. The zero-order valence-electron chi connectivity index (χ0n) is 17.6. The normalized spacial score (nSPS) is 20.4. The molecule has 3 nitrogen and oxygen atoms in total. The quantitative estimate of drug-likeness (QED) is 0.792. The number of aryl methyl sites for hydroxylation is 1. The third-order valence-electron chi connectivity index (χ3n) is 4.42. The van der Waals surface area contributed by atoms with Crippen molar-refractivity contribution in [3.05, 3.63) is 35.4 Å². The second-order valence-electron chi connectivity index (χ2n) is 9.60. The molecule has 1 fully saturated rings. The van der Waals surface area contributed by atoms with Crippen molar-refractivity contribution in [3.63, 3.8) is 0 Å². The summed E-state index contributed by atoms with van der Waals surface area (Å²) in [5.74, 6) is 0. The summed E-state index contributed by atoms with van der Waals surface area (Å²) >= 11 is 0. The first-order chi connectivity index (χ1) is 11.3. The summed E-state index contributed by atoms with van der Waals surface area (Å²) < 4.78 is 5.53. The fraction of sp³-hybridized carbons (Fsp3) is 0.727. The van der Waals surface area contributed by atoms with E-state index in [1.165, 1.54) is 24.8 Å². The van der Waals surface area contributed by atoms with Crippen molar-refractivity contribution in [1.29, 1.82) is 0 Å². The van der Waals surface area contributed by atoms with Crippen LogP contribution in [0.2, 0.25) is 0 Å². The smallest absolute Gasteiger partial charge is 0.102 e. The Morgan fingerprint density at radius 2 is 1.52 bits per heavy atom. The summed E-state index contributed by atoms with van der Waals surface area (Å²) in [4.78, 5) is 0. The van der Waals surface area contributed by atoms with Gasteiger partial charge in [0, 0.05) is 11.1 Å². The van der Waals surface area contributed by atoms with Crippen molar-refractivity contribution in [1.82, 2.24) is 5.32 Å². The predicted molar refractivity (Wildman–Crippen MR) is 107 cm³/mol. The summed E-state index contributed by atoms with van der Waals surface area (Å²) in [6.07, 6.45) is 3.46. The molecular weight excluding hydrogens is 310 g/mol. The van der Waals surface area contributed by atoms with Gasteiger partial charge >= 0.3 is 0 Å².